The van der Waals surface area contributed by atoms with Crippen molar-refractivity contribution >= 4 is 23.2 Å². The zero-order chi connectivity index (χ0) is 19.2. The van der Waals surface area contributed by atoms with E-state index in [1.54, 1.807) is 24.5 Å². The summed E-state index contributed by atoms with van der Waals surface area (Å²) in [5.41, 5.74) is 2.09. The van der Waals surface area contributed by atoms with E-state index in [2.05, 4.69) is 29.8 Å². The Labute approximate surface area is 163 Å². The second-order valence-electron chi connectivity index (χ2n) is 7.63. The van der Waals surface area contributed by atoms with Crippen molar-refractivity contribution in [1.82, 2.24) is 10.2 Å². The van der Waals surface area contributed by atoms with Crippen molar-refractivity contribution in [2.45, 2.75) is 31.7 Å². The zero-order valence-corrected chi connectivity index (χ0v) is 16.3. The molecule has 5 nitrogen and oxygen atoms in total. The van der Waals surface area contributed by atoms with E-state index in [1.807, 2.05) is 18.2 Å². The van der Waals surface area contributed by atoms with Gasteiger partial charge in [-0.15, -0.1) is 11.3 Å². The molecule has 2 fully saturated rings. The molecule has 27 heavy (non-hydrogen) atoms. The van der Waals surface area contributed by atoms with Gasteiger partial charge in [-0.05, 0) is 60.4 Å². The fraction of sp³-hybridized carbons (Fsp3) is 0.381. The third kappa shape index (κ3) is 2.83. The van der Waals surface area contributed by atoms with Crippen LogP contribution in [0.2, 0.25) is 0 Å². The van der Waals surface area contributed by atoms with Crippen molar-refractivity contribution in [1.29, 1.82) is 10.7 Å². The Balaban J connectivity index is 1.74. The molecule has 0 radical (unpaired) electrons. The summed E-state index contributed by atoms with van der Waals surface area (Å²) in [5.74, 6) is 0.382. The molecule has 2 N–H and O–H groups in total. The Morgan fingerprint density at radius 1 is 1.33 bits per heavy atom. The molecule has 2 aliphatic rings. The van der Waals surface area contributed by atoms with Crippen LogP contribution >= 0.6 is 11.3 Å². The molecule has 1 saturated heterocycles. The standard InChI is InChI=1S/C21H22N4OS/c1-21(18(14-6-4-7-14)19(26)25(2)20(23)24-21)17-10-16(12-27-17)15-8-3-5-13(9-15)11-22/h3,5,8-10,12,14,18H,4,6-7H2,1-2H3,(H2,23,24)/t18-,21-/m1/s1. The molecular weight excluding hydrogens is 356 g/mol. The summed E-state index contributed by atoms with van der Waals surface area (Å²) in [5, 5.41) is 22.8. The zero-order valence-electron chi connectivity index (χ0n) is 15.5. The van der Waals surface area contributed by atoms with Gasteiger partial charge in [-0.1, -0.05) is 18.6 Å². The molecule has 4 rings (SSSR count). The maximum atomic E-state index is 13.0. The van der Waals surface area contributed by atoms with E-state index in [0.717, 1.165) is 28.8 Å². The smallest absolute Gasteiger partial charge is 0.235 e. The van der Waals surface area contributed by atoms with Gasteiger partial charge in [-0.25, -0.2) is 0 Å². The van der Waals surface area contributed by atoms with Crippen molar-refractivity contribution in [2.24, 2.45) is 11.8 Å². The molecule has 2 aromatic rings. The predicted octanol–water partition coefficient (Wildman–Crippen LogP) is 3.91. The van der Waals surface area contributed by atoms with Gasteiger partial charge in [-0.3, -0.25) is 15.1 Å². The van der Waals surface area contributed by atoms with Crippen LogP contribution in [0.15, 0.2) is 35.7 Å². The van der Waals surface area contributed by atoms with Crippen LogP contribution in [0, 0.1) is 28.6 Å². The summed E-state index contributed by atoms with van der Waals surface area (Å²) in [4.78, 5) is 15.5. The molecule has 6 heteroatoms. The molecule has 1 amide bonds. The molecule has 0 unspecified atom stereocenters. The van der Waals surface area contributed by atoms with Gasteiger partial charge in [0.05, 0.1) is 23.1 Å². The van der Waals surface area contributed by atoms with Gasteiger partial charge in [0.2, 0.25) is 5.91 Å². The highest BCUT2D eigenvalue weighted by Gasteiger charge is 2.52. The molecule has 2 heterocycles. The van der Waals surface area contributed by atoms with Crippen LogP contribution in [0.3, 0.4) is 0 Å². The molecule has 2 atom stereocenters. The van der Waals surface area contributed by atoms with Crippen LogP contribution in [-0.4, -0.2) is 23.8 Å². The lowest BCUT2D eigenvalue weighted by molar-refractivity contribution is -0.139. The highest BCUT2D eigenvalue weighted by molar-refractivity contribution is 7.10. The van der Waals surface area contributed by atoms with Gasteiger partial charge < -0.3 is 5.32 Å². The lowest BCUT2D eigenvalue weighted by atomic mass is 9.66. The number of thiophene rings is 1. The largest absolute Gasteiger partial charge is 0.345 e. The van der Waals surface area contributed by atoms with Crippen LogP contribution in [-0.2, 0) is 10.3 Å². The first-order chi connectivity index (χ1) is 12.9. The molecule has 1 saturated carbocycles. The topological polar surface area (TPSA) is 80.0 Å². The van der Waals surface area contributed by atoms with E-state index in [-0.39, 0.29) is 17.8 Å². The highest BCUT2D eigenvalue weighted by atomic mass is 32.1. The number of hydrogen-bond donors (Lipinski definition) is 2. The normalized spacial score (nSPS) is 25.7. The second kappa shape index (κ2) is 6.50. The molecule has 1 aliphatic carbocycles. The number of nitrogens with zero attached hydrogens (tertiary/aromatic N) is 2. The monoisotopic (exact) mass is 378 g/mol. The Hall–Kier alpha value is -2.65. The minimum atomic E-state index is -0.582. The maximum Gasteiger partial charge on any atom is 0.235 e. The quantitative estimate of drug-likeness (QED) is 0.850. The summed E-state index contributed by atoms with van der Waals surface area (Å²) in [6.07, 6.45) is 3.30. The molecular formula is C21H22N4OS. The third-order valence-corrected chi connectivity index (χ3v) is 7.16. The van der Waals surface area contributed by atoms with Crippen LogP contribution in [0.25, 0.3) is 11.1 Å². The van der Waals surface area contributed by atoms with Gasteiger partial charge in [-0.2, -0.15) is 5.26 Å². The first-order valence-corrected chi connectivity index (χ1v) is 10.1. The number of hydrogen-bond acceptors (Lipinski definition) is 4. The number of carbonyl (C=O) groups excluding carboxylic acids is 1. The van der Waals surface area contributed by atoms with E-state index >= 15 is 0 Å². The number of nitrogens with one attached hydrogen (secondary N) is 2. The molecule has 0 spiro atoms. The summed E-state index contributed by atoms with van der Waals surface area (Å²) < 4.78 is 0. The van der Waals surface area contributed by atoms with Gasteiger partial charge in [0.15, 0.2) is 5.96 Å². The number of benzene rings is 1. The third-order valence-electron chi connectivity index (χ3n) is 5.99. The summed E-state index contributed by atoms with van der Waals surface area (Å²) in [7, 11) is 1.68. The first kappa shape index (κ1) is 17.7. The van der Waals surface area contributed by atoms with E-state index in [9.17, 15) is 4.79 Å². The predicted molar refractivity (Wildman–Crippen MR) is 106 cm³/mol. The lowest BCUT2D eigenvalue weighted by Crippen LogP contribution is -2.65. The Kier molecular flexibility index (Phi) is 4.27. The highest BCUT2D eigenvalue weighted by Crippen LogP contribution is 2.47. The average molecular weight is 379 g/mol. The van der Waals surface area contributed by atoms with E-state index < -0.39 is 5.54 Å². The number of nitriles is 1. The van der Waals surface area contributed by atoms with Gasteiger partial charge in [0.25, 0.3) is 0 Å². The Morgan fingerprint density at radius 3 is 2.78 bits per heavy atom. The second-order valence-corrected chi connectivity index (χ2v) is 8.55. The van der Waals surface area contributed by atoms with Crippen molar-refractivity contribution in [3.63, 3.8) is 0 Å². The van der Waals surface area contributed by atoms with Crippen molar-refractivity contribution < 1.29 is 4.79 Å². The van der Waals surface area contributed by atoms with Gasteiger partial charge >= 0.3 is 0 Å². The first-order valence-electron chi connectivity index (χ1n) is 9.18. The molecule has 138 valence electrons. The van der Waals surface area contributed by atoms with E-state index in [4.69, 9.17) is 10.7 Å². The van der Waals surface area contributed by atoms with Crippen LogP contribution in [0.1, 0.15) is 36.6 Å². The minimum absolute atomic E-state index is 0.0346. The number of rotatable bonds is 3. The maximum absolute atomic E-state index is 13.0. The number of carbonyl (C=O) groups is 1. The van der Waals surface area contributed by atoms with Crippen LogP contribution in [0.5, 0.6) is 0 Å². The molecule has 1 aliphatic heterocycles. The van der Waals surface area contributed by atoms with Crippen molar-refractivity contribution in [3.8, 4) is 17.2 Å². The van der Waals surface area contributed by atoms with Gasteiger partial charge in [0.1, 0.15) is 0 Å². The minimum Gasteiger partial charge on any atom is -0.345 e. The molecule has 1 aromatic heterocycles. The Morgan fingerprint density at radius 2 is 2.11 bits per heavy atom. The number of amides is 1. The van der Waals surface area contributed by atoms with Gasteiger partial charge in [0, 0.05) is 11.9 Å². The Bertz CT molecular complexity index is 955. The summed E-state index contributed by atoms with van der Waals surface area (Å²) in [6, 6.07) is 11.8. The number of guanidine groups is 1. The van der Waals surface area contributed by atoms with Crippen LogP contribution in [0.4, 0.5) is 0 Å². The summed E-state index contributed by atoms with van der Waals surface area (Å²) >= 11 is 1.61. The lowest BCUT2D eigenvalue weighted by Gasteiger charge is -2.50. The van der Waals surface area contributed by atoms with Crippen molar-refractivity contribution in [2.75, 3.05) is 7.05 Å². The fourth-order valence-corrected chi connectivity index (χ4v) is 5.24. The van der Waals surface area contributed by atoms with E-state index in [0.29, 0.717) is 11.5 Å². The SMILES string of the molecule is CN1C(=N)N[C@](C)(c2cc(-c3cccc(C#N)c3)cs2)[C@H](C2CCC2)C1=O. The molecule has 0 bridgehead atoms. The molecule has 1 aromatic carbocycles. The van der Waals surface area contributed by atoms with E-state index in [1.165, 1.54) is 11.3 Å². The fourth-order valence-electron chi connectivity index (χ4n) is 4.16. The summed E-state index contributed by atoms with van der Waals surface area (Å²) in [6.45, 7) is 2.05. The van der Waals surface area contributed by atoms with Crippen molar-refractivity contribution in [3.05, 3.63) is 46.2 Å². The van der Waals surface area contributed by atoms with Crippen LogP contribution < -0.4 is 5.32 Å². The average Bonchev–Trinajstić information content (AvgIpc) is 3.13.